The Morgan fingerprint density at radius 3 is 2.19 bits per heavy atom. The largest absolute Gasteiger partial charge is 0.497 e. The lowest BCUT2D eigenvalue weighted by Crippen LogP contribution is -2.35. The van der Waals surface area contributed by atoms with Gasteiger partial charge in [-0.2, -0.15) is 13.2 Å². The molecule has 0 unspecified atom stereocenters. The summed E-state index contributed by atoms with van der Waals surface area (Å²) in [5.41, 5.74) is 0.254. The highest BCUT2D eigenvalue weighted by atomic mass is 19.4. The van der Waals surface area contributed by atoms with Crippen molar-refractivity contribution in [2.24, 2.45) is 11.8 Å². The minimum atomic E-state index is -4.46. The first-order chi connectivity index (χ1) is 13.0. The average Bonchev–Trinajstić information content (AvgIpc) is 3.16. The number of benzene rings is 2. The predicted molar refractivity (Wildman–Crippen MR) is 89.9 cm³/mol. The van der Waals surface area contributed by atoms with E-state index < -0.39 is 23.9 Å². The van der Waals surface area contributed by atoms with Gasteiger partial charge in [-0.25, -0.2) is 9.78 Å². The Hall–Kier alpha value is -2.09. The topological polar surface area (TPSA) is 36.9 Å². The Morgan fingerprint density at radius 2 is 1.52 bits per heavy atom. The van der Waals surface area contributed by atoms with Gasteiger partial charge in [0.15, 0.2) is 0 Å². The summed E-state index contributed by atoms with van der Waals surface area (Å²) in [5, 5.41) is 0. The van der Waals surface area contributed by atoms with Gasteiger partial charge in [0.1, 0.15) is 18.0 Å². The lowest BCUT2D eigenvalue weighted by Gasteiger charge is -2.38. The third-order valence-electron chi connectivity index (χ3n) is 5.23. The van der Waals surface area contributed by atoms with E-state index in [0.717, 1.165) is 11.6 Å². The quantitative estimate of drug-likeness (QED) is 0.722. The maximum absolute atomic E-state index is 13.4. The molecule has 27 heavy (non-hydrogen) atoms. The zero-order chi connectivity index (χ0) is 19.0. The fraction of sp³-hybridized carbons (Fsp3) is 0.400. The Kier molecular flexibility index (Phi) is 4.84. The minimum Gasteiger partial charge on any atom is -0.497 e. The van der Waals surface area contributed by atoms with Crippen molar-refractivity contribution in [3.8, 4) is 5.75 Å². The molecule has 2 aromatic rings. The van der Waals surface area contributed by atoms with E-state index in [0.29, 0.717) is 19.0 Å². The van der Waals surface area contributed by atoms with Crippen molar-refractivity contribution in [3.05, 3.63) is 65.2 Å². The van der Waals surface area contributed by atoms with Gasteiger partial charge in [-0.15, -0.1) is 0 Å². The monoisotopic (exact) mass is 380 g/mol. The number of methoxy groups -OCH3 is 1. The molecule has 2 aliphatic heterocycles. The molecule has 0 spiro atoms. The van der Waals surface area contributed by atoms with Crippen LogP contribution in [0.4, 0.5) is 13.2 Å². The minimum absolute atomic E-state index is 0.0821. The Morgan fingerprint density at radius 1 is 0.889 bits per heavy atom. The van der Waals surface area contributed by atoms with Gasteiger partial charge >= 0.3 is 6.18 Å². The summed E-state index contributed by atoms with van der Waals surface area (Å²) in [6.07, 6.45) is -5.69. The molecule has 0 radical (unpaired) electrons. The molecule has 7 heteroatoms. The van der Waals surface area contributed by atoms with Crippen LogP contribution in [0.15, 0.2) is 48.5 Å². The first-order valence-corrected chi connectivity index (χ1v) is 8.69. The van der Waals surface area contributed by atoms with E-state index in [2.05, 4.69) is 0 Å². The van der Waals surface area contributed by atoms with Crippen molar-refractivity contribution in [2.75, 3.05) is 20.3 Å². The molecule has 2 heterocycles. The van der Waals surface area contributed by atoms with Crippen LogP contribution >= 0.6 is 0 Å². The summed E-state index contributed by atoms with van der Waals surface area (Å²) in [6.45, 7) is 0.743. The number of hydrogen-bond acceptors (Lipinski definition) is 4. The van der Waals surface area contributed by atoms with Crippen molar-refractivity contribution in [2.45, 2.75) is 18.4 Å². The number of rotatable bonds is 3. The maximum Gasteiger partial charge on any atom is 0.416 e. The normalized spacial score (nSPS) is 28.0. The predicted octanol–water partition coefficient (Wildman–Crippen LogP) is 4.72. The second kappa shape index (κ2) is 7.14. The maximum atomic E-state index is 13.4. The Labute approximate surface area is 154 Å². The van der Waals surface area contributed by atoms with Crippen LogP contribution in [0, 0.1) is 11.8 Å². The van der Waals surface area contributed by atoms with Crippen LogP contribution in [-0.4, -0.2) is 20.3 Å². The van der Waals surface area contributed by atoms with E-state index in [-0.39, 0.29) is 17.4 Å². The first-order valence-electron chi connectivity index (χ1n) is 8.69. The van der Waals surface area contributed by atoms with Gasteiger partial charge < -0.3 is 9.47 Å². The Balaban J connectivity index is 1.63. The van der Waals surface area contributed by atoms with Gasteiger partial charge in [0, 0.05) is 11.8 Å². The molecule has 144 valence electrons. The zero-order valence-electron chi connectivity index (χ0n) is 14.6. The van der Waals surface area contributed by atoms with E-state index in [1.165, 1.54) is 12.1 Å². The van der Waals surface area contributed by atoms with Gasteiger partial charge in [-0.3, -0.25) is 0 Å². The highest BCUT2D eigenvalue weighted by Crippen LogP contribution is 2.50. The van der Waals surface area contributed by atoms with Crippen molar-refractivity contribution < 1.29 is 32.4 Å². The molecule has 2 fully saturated rings. The van der Waals surface area contributed by atoms with Gasteiger partial charge in [0.25, 0.3) is 0 Å². The summed E-state index contributed by atoms with van der Waals surface area (Å²) < 4.78 is 51.0. The van der Waals surface area contributed by atoms with Crippen LogP contribution in [0.1, 0.15) is 28.9 Å². The molecule has 0 amide bonds. The third kappa shape index (κ3) is 3.42. The van der Waals surface area contributed by atoms with Crippen LogP contribution in [0.5, 0.6) is 5.75 Å². The number of ether oxygens (including phenoxy) is 2. The molecule has 2 aromatic carbocycles. The van der Waals surface area contributed by atoms with Gasteiger partial charge in [0.2, 0.25) is 0 Å². The molecule has 0 aromatic heterocycles. The van der Waals surface area contributed by atoms with E-state index >= 15 is 0 Å². The summed E-state index contributed by atoms with van der Waals surface area (Å²) >= 11 is 0. The molecular weight excluding hydrogens is 361 g/mol. The van der Waals surface area contributed by atoms with Crippen LogP contribution in [0.3, 0.4) is 0 Å². The standard InChI is InChI=1S/C20H19F3O4/c1-24-13-8-6-12(7-9-13)18-15-10-25-11-16(15)19(27-26-18)14-4-2-3-5-17(14)20(21,22)23/h2-9,15-16,18-19H,10-11H2,1H3/t15-,16-,18+,19+/m0/s1. The van der Waals surface area contributed by atoms with Crippen LogP contribution in [0.2, 0.25) is 0 Å². The fourth-order valence-corrected chi connectivity index (χ4v) is 3.86. The number of hydrogen-bond donors (Lipinski definition) is 0. The summed E-state index contributed by atoms with van der Waals surface area (Å²) in [5.74, 6) is 0.388. The van der Waals surface area contributed by atoms with Gasteiger partial charge in [-0.1, -0.05) is 30.3 Å². The van der Waals surface area contributed by atoms with Crippen molar-refractivity contribution in [1.29, 1.82) is 0 Å². The van der Waals surface area contributed by atoms with E-state index in [4.69, 9.17) is 19.2 Å². The summed E-state index contributed by atoms with van der Waals surface area (Å²) in [6, 6.07) is 12.8. The Bertz CT molecular complexity index is 791. The highest BCUT2D eigenvalue weighted by Gasteiger charge is 2.49. The molecule has 0 bridgehead atoms. The molecule has 0 N–H and O–H groups in total. The van der Waals surface area contributed by atoms with Crippen molar-refractivity contribution >= 4 is 0 Å². The van der Waals surface area contributed by atoms with Gasteiger partial charge in [0.05, 0.1) is 25.9 Å². The van der Waals surface area contributed by atoms with Crippen molar-refractivity contribution in [3.63, 3.8) is 0 Å². The van der Waals surface area contributed by atoms with Crippen molar-refractivity contribution in [1.82, 2.24) is 0 Å². The number of alkyl halides is 3. The lowest BCUT2D eigenvalue weighted by atomic mass is 9.80. The molecule has 4 nitrogen and oxygen atoms in total. The number of fused-ring (bicyclic) bond motifs is 1. The van der Waals surface area contributed by atoms with Gasteiger partial charge in [-0.05, 0) is 29.3 Å². The molecule has 2 aliphatic rings. The average molecular weight is 380 g/mol. The number of halogens is 3. The first kappa shape index (κ1) is 18.3. The SMILES string of the molecule is COc1ccc([C@H]2OO[C@H](c3ccccc3C(F)(F)F)[C@H]3COC[C@@H]32)cc1. The second-order valence-electron chi connectivity index (χ2n) is 6.76. The molecular formula is C20H19F3O4. The second-order valence-corrected chi connectivity index (χ2v) is 6.76. The van der Waals surface area contributed by atoms with Crippen LogP contribution < -0.4 is 4.74 Å². The molecule has 2 saturated heterocycles. The van der Waals surface area contributed by atoms with Crippen LogP contribution in [-0.2, 0) is 20.7 Å². The lowest BCUT2D eigenvalue weighted by molar-refractivity contribution is -0.403. The van der Waals surface area contributed by atoms with Crippen LogP contribution in [0.25, 0.3) is 0 Å². The fourth-order valence-electron chi connectivity index (χ4n) is 3.86. The third-order valence-corrected chi connectivity index (χ3v) is 5.23. The van der Waals surface area contributed by atoms with E-state index in [9.17, 15) is 13.2 Å². The summed E-state index contributed by atoms with van der Waals surface area (Å²) in [7, 11) is 1.58. The van der Waals surface area contributed by atoms with E-state index in [1.54, 1.807) is 13.2 Å². The molecule has 4 atom stereocenters. The van der Waals surface area contributed by atoms with E-state index in [1.807, 2.05) is 24.3 Å². The molecule has 0 aliphatic carbocycles. The molecule has 4 rings (SSSR count). The zero-order valence-corrected chi connectivity index (χ0v) is 14.6. The molecule has 0 saturated carbocycles. The summed E-state index contributed by atoms with van der Waals surface area (Å²) in [4.78, 5) is 11.1. The smallest absolute Gasteiger partial charge is 0.416 e. The highest BCUT2D eigenvalue weighted by molar-refractivity contribution is 5.33.